The molecule has 0 aromatic carbocycles. The van der Waals surface area contributed by atoms with Crippen molar-refractivity contribution in [1.82, 2.24) is 5.32 Å². The highest BCUT2D eigenvalue weighted by atomic mass is 16.3. The Morgan fingerprint density at radius 3 is 2.08 bits per heavy atom. The van der Waals surface area contributed by atoms with Gasteiger partial charge in [-0.25, -0.2) is 0 Å². The number of nitrogens with one attached hydrogen (secondary N) is 1. The van der Waals surface area contributed by atoms with Crippen molar-refractivity contribution in [3.8, 4) is 0 Å². The van der Waals surface area contributed by atoms with E-state index in [9.17, 15) is 5.11 Å². The molecule has 80 valence electrons. The lowest BCUT2D eigenvalue weighted by Gasteiger charge is -2.28. The average molecular weight is 187 g/mol. The first-order valence-electron chi connectivity index (χ1n) is 5.46. The molecule has 0 saturated carbocycles. The molecule has 0 heterocycles. The van der Waals surface area contributed by atoms with Crippen LogP contribution in [0.4, 0.5) is 0 Å². The standard InChI is InChI=1S/C11H25NO/c1-5-10(6-2)12-8-11(4,7-3)9-13/h10,12-13H,5-9H2,1-4H3. The van der Waals surface area contributed by atoms with Crippen molar-refractivity contribution in [3.05, 3.63) is 0 Å². The van der Waals surface area contributed by atoms with E-state index >= 15 is 0 Å². The van der Waals surface area contributed by atoms with Crippen LogP contribution in [0.2, 0.25) is 0 Å². The van der Waals surface area contributed by atoms with Gasteiger partial charge < -0.3 is 10.4 Å². The zero-order valence-electron chi connectivity index (χ0n) is 9.56. The van der Waals surface area contributed by atoms with E-state index in [1.54, 1.807) is 0 Å². The fourth-order valence-corrected chi connectivity index (χ4v) is 1.26. The number of hydrogen-bond acceptors (Lipinski definition) is 2. The molecule has 0 aliphatic rings. The summed E-state index contributed by atoms with van der Waals surface area (Å²) in [5.41, 5.74) is 0.0581. The Morgan fingerprint density at radius 1 is 1.23 bits per heavy atom. The minimum atomic E-state index is 0.0581. The molecule has 0 spiro atoms. The zero-order valence-corrected chi connectivity index (χ0v) is 9.56. The van der Waals surface area contributed by atoms with E-state index in [1.807, 2.05) is 0 Å². The third-order valence-corrected chi connectivity index (χ3v) is 3.04. The Bertz CT molecular complexity index is 117. The van der Waals surface area contributed by atoms with Crippen LogP contribution in [-0.4, -0.2) is 24.3 Å². The molecular formula is C11H25NO. The Hall–Kier alpha value is -0.0800. The quantitative estimate of drug-likeness (QED) is 0.640. The molecule has 1 atom stereocenters. The molecular weight excluding hydrogens is 162 g/mol. The van der Waals surface area contributed by atoms with E-state index in [1.165, 1.54) is 12.8 Å². The SMILES string of the molecule is CCC(CC)NCC(C)(CC)CO. The molecule has 0 fully saturated rings. The molecule has 2 heteroatoms. The Labute approximate surface area is 82.7 Å². The zero-order chi connectivity index (χ0) is 10.3. The van der Waals surface area contributed by atoms with Crippen molar-refractivity contribution in [2.75, 3.05) is 13.2 Å². The molecule has 0 aliphatic carbocycles. The summed E-state index contributed by atoms with van der Waals surface area (Å²) in [6.45, 7) is 9.85. The number of aliphatic hydroxyl groups is 1. The lowest BCUT2D eigenvalue weighted by molar-refractivity contribution is 0.131. The number of rotatable bonds is 7. The van der Waals surface area contributed by atoms with Gasteiger partial charge in [-0.05, 0) is 19.3 Å². The predicted octanol–water partition coefficient (Wildman–Crippen LogP) is 2.17. The lowest BCUT2D eigenvalue weighted by Crippen LogP contribution is -2.39. The fourth-order valence-electron chi connectivity index (χ4n) is 1.26. The molecule has 0 aromatic rings. The minimum absolute atomic E-state index is 0.0581. The Kier molecular flexibility index (Phi) is 6.35. The van der Waals surface area contributed by atoms with Gasteiger partial charge in [0, 0.05) is 24.6 Å². The smallest absolute Gasteiger partial charge is 0.0496 e. The van der Waals surface area contributed by atoms with Gasteiger partial charge in [0.2, 0.25) is 0 Å². The van der Waals surface area contributed by atoms with Gasteiger partial charge in [-0.3, -0.25) is 0 Å². The van der Waals surface area contributed by atoms with Crippen molar-refractivity contribution < 1.29 is 5.11 Å². The van der Waals surface area contributed by atoms with Crippen molar-refractivity contribution in [1.29, 1.82) is 0 Å². The van der Waals surface area contributed by atoms with Crippen LogP contribution in [0.15, 0.2) is 0 Å². The third kappa shape index (κ3) is 4.63. The second-order valence-corrected chi connectivity index (χ2v) is 4.22. The Balaban J connectivity index is 3.83. The number of hydrogen-bond donors (Lipinski definition) is 2. The summed E-state index contributed by atoms with van der Waals surface area (Å²) in [4.78, 5) is 0. The molecule has 0 aromatic heterocycles. The molecule has 0 saturated heterocycles. The molecule has 0 aliphatic heterocycles. The van der Waals surface area contributed by atoms with Crippen molar-refractivity contribution in [2.45, 2.75) is 53.0 Å². The highest BCUT2D eigenvalue weighted by molar-refractivity contribution is 4.76. The summed E-state index contributed by atoms with van der Waals surface area (Å²) in [6.07, 6.45) is 3.36. The van der Waals surface area contributed by atoms with Crippen LogP contribution in [0.3, 0.4) is 0 Å². The third-order valence-electron chi connectivity index (χ3n) is 3.04. The molecule has 0 amide bonds. The summed E-state index contributed by atoms with van der Waals surface area (Å²) in [5.74, 6) is 0. The first-order chi connectivity index (χ1) is 6.11. The molecule has 0 rings (SSSR count). The lowest BCUT2D eigenvalue weighted by atomic mass is 9.88. The van der Waals surface area contributed by atoms with Crippen molar-refractivity contribution in [3.63, 3.8) is 0 Å². The molecule has 13 heavy (non-hydrogen) atoms. The number of aliphatic hydroxyl groups excluding tert-OH is 1. The maximum Gasteiger partial charge on any atom is 0.0496 e. The van der Waals surface area contributed by atoms with E-state index in [2.05, 4.69) is 33.0 Å². The average Bonchev–Trinajstić information content (AvgIpc) is 2.19. The summed E-state index contributed by atoms with van der Waals surface area (Å²) in [5, 5.41) is 12.7. The van der Waals surface area contributed by atoms with Gasteiger partial charge in [0.1, 0.15) is 0 Å². The van der Waals surface area contributed by atoms with Gasteiger partial charge >= 0.3 is 0 Å². The highest BCUT2D eigenvalue weighted by Gasteiger charge is 2.21. The van der Waals surface area contributed by atoms with Crippen LogP contribution in [0.1, 0.15) is 47.0 Å². The fraction of sp³-hybridized carbons (Fsp3) is 1.00. The van der Waals surface area contributed by atoms with Gasteiger partial charge in [0.25, 0.3) is 0 Å². The van der Waals surface area contributed by atoms with E-state index in [0.29, 0.717) is 6.04 Å². The predicted molar refractivity (Wildman–Crippen MR) is 57.9 cm³/mol. The topological polar surface area (TPSA) is 32.3 Å². The van der Waals surface area contributed by atoms with Crippen LogP contribution in [0.5, 0.6) is 0 Å². The van der Waals surface area contributed by atoms with Gasteiger partial charge in [-0.1, -0.05) is 27.7 Å². The molecule has 0 bridgehead atoms. The van der Waals surface area contributed by atoms with E-state index in [0.717, 1.165) is 13.0 Å². The van der Waals surface area contributed by atoms with E-state index in [-0.39, 0.29) is 12.0 Å². The van der Waals surface area contributed by atoms with E-state index in [4.69, 9.17) is 0 Å². The van der Waals surface area contributed by atoms with Crippen LogP contribution < -0.4 is 5.32 Å². The van der Waals surface area contributed by atoms with Crippen molar-refractivity contribution >= 4 is 0 Å². The minimum Gasteiger partial charge on any atom is -0.396 e. The van der Waals surface area contributed by atoms with Crippen molar-refractivity contribution in [2.24, 2.45) is 5.41 Å². The van der Waals surface area contributed by atoms with Crippen LogP contribution in [0.25, 0.3) is 0 Å². The van der Waals surface area contributed by atoms with Gasteiger partial charge in [0.15, 0.2) is 0 Å². The maximum absolute atomic E-state index is 9.20. The second kappa shape index (κ2) is 6.39. The monoisotopic (exact) mass is 187 g/mol. The molecule has 2 N–H and O–H groups in total. The molecule has 1 unspecified atom stereocenters. The first kappa shape index (κ1) is 12.9. The summed E-state index contributed by atoms with van der Waals surface area (Å²) in [7, 11) is 0. The molecule has 0 radical (unpaired) electrons. The summed E-state index contributed by atoms with van der Waals surface area (Å²) >= 11 is 0. The van der Waals surface area contributed by atoms with Crippen LogP contribution in [0, 0.1) is 5.41 Å². The van der Waals surface area contributed by atoms with Gasteiger partial charge in [-0.2, -0.15) is 0 Å². The molecule has 2 nitrogen and oxygen atoms in total. The van der Waals surface area contributed by atoms with Crippen LogP contribution >= 0.6 is 0 Å². The normalized spacial score (nSPS) is 16.2. The Morgan fingerprint density at radius 2 is 1.77 bits per heavy atom. The second-order valence-electron chi connectivity index (χ2n) is 4.22. The van der Waals surface area contributed by atoms with Gasteiger partial charge in [0.05, 0.1) is 0 Å². The first-order valence-corrected chi connectivity index (χ1v) is 5.46. The summed E-state index contributed by atoms with van der Waals surface area (Å²) in [6, 6.07) is 0.609. The summed E-state index contributed by atoms with van der Waals surface area (Å²) < 4.78 is 0. The maximum atomic E-state index is 9.20. The van der Waals surface area contributed by atoms with Crippen LogP contribution in [-0.2, 0) is 0 Å². The van der Waals surface area contributed by atoms with Gasteiger partial charge in [-0.15, -0.1) is 0 Å². The largest absolute Gasteiger partial charge is 0.396 e. The van der Waals surface area contributed by atoms with E-state index < -0.39 is 0 Å². The highest BCUT2D eigenvalue weighted by Crippen LogP contribution is 2.18.